The van der Waals surface area contributed by atoms with Gasteiger partial charge < -0.3 is 20.3 Å². The molecule has 0 aromatic heterocycles. The molecule has 1 saturated heterocycles. The first-order valence-corrected chi connectivity index (χ1v) is 10.7. The van der Waals surface area contributed by atoms with E-state index in [1.165, 1.54) is 0 Å². The van der Waals surface area contributed by atoms with Crippen molar-refractivity contribution in [3.63, 3.8) is 0 Å². The van der Waals surface area contributed by atoms with E-state index in [0.29, 0.717) is 42.1 Å². The van der Waals surface area contributed by atoms with Gasteiger partial charge in [0, 0.05) is 29.9 Å². The number of rotatable bonds is 8. The Hall–Kier alpha value is -3.35. The van der Waals surface area contributed by atoms with Gasteiger partial charge in [-0.15, -0.1) is 0 Å². The van der Waals surface area contributed by atoms with E-state index in [0.717, 1.165) is 19.3 Å². The number of likely N-dealkylation sites (tertiary alicyclic amines) is 1. The summed E-state index contributed by atoms with van der Waals surface area (Å²) in [5.74, 6) is 0.188. The number of amides is 3. The number of methoxy groups -OCH3 is 1. The second-order valence-electron chi connectivity index (χ2n) is 7.56. The number of carbonyl (C=O) groups excluding carboxylic acids is 3. The summed E-state index contributed by atoms with van der Waals surface area (Å²) in [5, 5.41) is 5.75. The Morgan fingerprint density at radius 2 is 1.71 bits per heavy atom. The van der Waals surface area contributed by atoms with Crippen molar-refractivity contribution in [1.29, 1.82) is 0 Å². The number of anilines is 1. The van der Waals surface area contributed by atoms with Crippen LogP contribution in [-0.4, -0.2) is 48.9 Å². The normalized spacial score (nSPS) is 15.4. The van der Waals surface area contributed by atoms with Crippen LogP contribution < -0.4 is 15.4 Å². The molecule has 0 radical (unpaired) electrons. The molecule has 1 aliphatic rings. The van der Waals surface area contributed by atoms with Crippen LogP contribution in [0.4, 0.5) is 5.69 Å². The van der Waals surface area contributed by atoms with E-state index in [1.54, 1.807) is 60.5 Å². The summed E-state index contributed by atoms with van der Waals surface area (Å²) in [6, 6.07) is 13.1. The molecule has 7 heteroatoms. The molecular weight excluding hydrogens is 394 g/mol. The monoisotopic (exact) mass is 423 g/mol. The van der Waals surface area contributed by atoms with E-state index in [1.807, 2.05) is 0 Å². The lowest BCUT2D eigenvalue weighted by Crippen LogP contribution is -2.46. The zero-order chi connectivity index (χ0) is 22.2. The number of ether oxygens (including phenoxy) is 1. The molecule has 164 valence electrons. The lowest BCUT2D eigenvalue weighted by Gasteiger charge is -2.24. The molecule has 1 fully saturated rings. The van der Waals surface area contributed by atoms with E-state index in [9.17, 15) is 14.4 Å². The minimum absolute atomic E-state index is 0.0809. The quantitative estimate of drug-likeness (QED) is 0.637. The fourth-order valence-corrected chi connectivity index (χ4v) is 3.60. The van der Waals surface area contributed by atoms with Crippen LogP contribution in [0.15, 0.2) is 48.5 Å². The molecule has 1 aliphatic heterocycles. The molecule has 3 amide bonds. The zero-order valence-electron chi connectivity index (χ0n) is 18.0. The van der Waals surface area contributed by atoms with Crippen LogP contribution in [0.5, 0.6) is 5.75 Å². The Morgan fingerprint density at radius 3 is 2.35 bits per heavy atom. The van der Waals surface area contributed by atoms with Gasteiger partial charge in [0.15, 0.2) is 0 Å². The van der Waals surface area contributed by atoms with Crippen LogP contribution in [-0.2, 0) is 4.79 Å². The summed E-state index contributed by atoms with van der Waals surface area (Å²) in [7, 11) is 1.57. The third kappa shape index (κ3) is 5.63. The molecule has 31 heavy (non-hydrogen) atoms. The third-order valence-corrected chi connectivity index (χ3v) is 5.39. The van der Waals surface area contributed by atoms with Gasteiger partial charge in [0.1, 0.15) is 11.8 Å². The van der Waals surface area contributed by atoms with Crippen LogP contribution in [0, 0.1) is 0 Å². The van der Waals surface area contributed by atoms with Crippen molar-refractivity contribution in [1.82, 2.24) is 10.2 Å². The molecule has 0 spiro atoms. The zero-order valence-corrected chi connectivity index (χ0v) is 18.0. The summed E-state index contributed by atoms with van der Waals surface area (Å²) >= 11 is 0. The number of hydrogen-bond acceptors (Lipinski definition) is 4. The highest BCUT2D eigenvalue weighted by Gasteiger charge is 2.34. The Balaban J connectivity index is 1.61. The molecule has 0 aliphatic carbocycles. The van der Waals surface area contributed by atoms with Gasteiger partial charge in [-0.2, -0.15) is 0 Å². The molecule has 0 saturated carbocycles. The fraction of sp³-hybridized carbons (Fsp3) is 0.375. The number of carbonyl (C=O) groups is 3. The molecule has 1 atom stereocenters. The van der Waals surface area contributed by atoms with Gasteiger partial charge in [0.25, 0.3) is 11.8 Å². The second-order valence-corrected chi connectivity index (χ2v) is 7.56. The van der Waals surface area contributed by atoms with Crippen LogP contribution in [0.25, 0.3) is 0 Å². The SMILES string of the molecule is CCCCNC(=O)[C@@H]1CCCN1C(=O)c1ccc(NC(=O)c2ccc(OC)cc2)cc1. The molecule has 0 unspecified atom stereocenters. The van der Waals surface area contributed by atoms with Crippen molar-refractivity contribution >= 4 is 23.4 Å². The van der Waals surface area contributed by atoms with Crippen molar-refractivity contribution in [3.8, 4) is 5.75 Å². The van der Waals surface area contributed by atoms with Crippen LogP contribution in [0.3, 0.4) is 0 Å². The van der Waals surface area contributed by atoms with Gasteiger partial charge in [-0.1, -0.05) is 13.3 Å². The first-order valence-electron chi connectivity index (χ1n) is 10.7. The second kappa shape index (κ2) is 10.6. The van der Waals surface area contributed by atoms with Crippen molar-refractivity contribution < 1.29 is 19.1 Å². The summed E-state index contributed by atoms with van der Waals surface area (Å²) in [6.45, 7) is 3.28. The lowest BCUT2D eigenvalue weighted by atomic mass is 10.1. The molecule has 2 aromatic carbocycles. The number of nitrogens with one attached hydrogen (secondary N) is 2. The Bertz CT molecular complexity index is 909. The van der Waals surface area contributed by atoms with Gasteiger partial charge in [-0.3, -0.25) is 14.4 Å². The van der Waals surface area contributed by atoms with E-state index in [2.05, 4.69) is 17.6 Å². The Kier molecular flexibility index (Phi) is 7.65. The maximum atomic E-state index is 13.0. The largest absolute Gasteiger partial charge is 0.497 e. The van der Waals surface area contributed by atoms with E-state index < -0.39 is 6.04 Å². The van der Waals surface area contributed by atoms with E-state index in [-0.39, 0.29) is 17.7 Å². The van der Waals surface area contributed by atoms with Crippen molar-refractivity contribution in [2.24, 2.45) is 0 Å². The standard InChI is InChI=1S/C24H29N3O4/c1-3-4-15-25-23(29)21-6-5-16-27(21)24(30)18-7-11-19(12-8-18)26-22(28)17-9-13-20(31-2)14-10-17/h7-14,21H,3-6,15-16H2,1-2H3,(H,25,29)(H,26,28)/t21-/m0/s1. The van der Waals surface area contributed by atoms with Crippen molar-refractivity contribution in [2.45, 2.75) is 38.6 Å². The average Bonchev–Trinajstić information content (AvgIpc) is 3.29. The maximum absolute atomic E-state index is 13.0. The number of unbranched alkanes of at least 4 members (excludes halogenated alkanes) is 1. The van der Waals surface area contributed by atoms with E-state index in [4.69, 9.17) is 4.74 Å². The minimum Gasteiger partial charge on any atom is -0.497 e. The molecular formula is C24H29N3O4. The summed E-state index contributed by atoms with van der Waals surface area (Å²) in [4.78, 5) is 39.5. The highest BCUT2D eigenvalue weighted by atomic mass is 16.5. The number of benzene rings is 2. The third-order valence-electron chi connectivity index (χ3n) is 5.39. The molecule has 2 aromatic rings. The predicted octanol–water partition coefficient (Wildman–Crippen LogP) is 3.47. The van der Waals surface area contributed by atoms with Gasteiger partial charge in [-0.25, -0.2) is 0 Å². The highest BCUT2D eigenvalue weighted by molar-refractivity contribution is 6.04. The van der Waals surface area contributed by atoms with Crippen molar-refractivity contribution in [3.05, 3.63) is 59.7 Å². The van der Waals surface area contributed by atoms with Crippen LogP contribution in [0.2, 0.25) is 0 Å². The molecule has 0 bridgehead atoms. The summed E-state index contributed by atoms with van der Waals surface area (Å²) in [6.07, 6.45) is 3.43. The maximum Gasteiger partial charge on any atom is 0.255 e. The summed E-state index contributed by atoms with van der Waals surface area (Å²) < 4.78 is 5.10. The first-order chi connectivity index (χ1) is 15.0. The molecule has 2 N–H and O–H groups in total. The molecule has 3 rings (SSSR count). The van der Waals surface area contributed by atoms with Gasteiger partial charge in [-0.05, 0) is 67.8 Å². The van der Waals surface area contributed by atoms with E-state index >= 15 is 0 Å². The average molecular weight is 424 g/mol. The minimum atomic E-state index is -0.418. The lowest BCUT2D eigenvalue weighted by molar-refractivity contribution is -0.124. The Labute approximate surface area is 182 Å². The van der Waals surface area contributed by atoms with Crippen LogP contribution in [0.1, 0.15) is 53.3 Å². The highest BCUT2D eigenvalue weighted by Crippen LogP contribution is 2.22. The predicted molar refractivity (Wildman–Crippen MR) is 119 cm³/mol. The van der Waals surface area contributed by atoms with Gasteiger partial charge >= 0.3 is 0 Å². The molecule has 7 nitrogen and oxygen atoms in total. The van der Waals surface area contributed by atoms with Crippen LogP contribution >= 0.6 is 0 Å². The number of nitrogens with zero attached hydrogens (tertiary/aromatic N) is 1. The molecule has 1 heterocycles. The Morgan fingerprint density at radius 1 is 1.03 bits per heavy atom. The number of hydrogen-bond donors (Lipinski definition) is 2. The van der Waals surface area contributed by atoms with Crippen molar-refractivity contribution in [2.75, 3.05) is 25.5 Å². The topological polar surface area (TPSA) is 87.7 Å². The smallest absolute Gasteiger partial charge is 0.255 e. The first kappa shape index (κ1) is 22.3. The van der Waals surface area contributed by atoms with Gasteiger partial charge in [0.2, 0.25) is 5.91 Å². The van der Waals surface area contributed by atoms with Gasteiger partial charge in [0.05, 0.1) is 7.11 Å². The summed E-state index contributed by atoms with van der Waals surface area (Å²) in [5.41, 5.74) is 1.60. The fourth-order valence-electron chi connectivity index (χ4n) is 3.60.